The van der Waals surface area contributed by atoms with Gasteiger partial charge in [-0.2, -0.15) is 4.98 Å². The van der Waals surface area contributed by atoms with Crippen LogP contribution in [-0.2, 0) is 13.0 Å². The number of hydrogen-bond donors (Lipinski definition) is 1. The van der Waals surface area contributed by atoms with Crippen LogP contribution in [0.2, 0.25) is 0 Å². The molecule has 1 aliphatic heterocycles. The normalized spacial score (nSPS) is 18.2. The van der Waals surface area contributed by atoms with Gasteiger partial charge in [-0.15, -0.1) is 11.3 Å². The van der Waals surface area contributed by atoms with Crippen LogP contribution in [0.15, 0.2) is 78.2 Å². The Bertz CT molecular complexity index is 1320. The smallest absolute Gasteiger partial charge is 0.227 e. The van der Waals surface area contributed by atoms with E-state index in [0.717, 1.165) is 50.5 Å². The molecule has 0 amide bonds. The Labute approximate surface area is 215 Å². The number of nitrogens with zero attached hydrogens (tertiary/aromatic N) is 4. The van der Waals surface area contributed by atoms with Crippen molar-refractivity contribution in [2.24, 2.45) is 0 Å². The summed E-state index contributed by atoms with van der Waals surface area (Å²) in [5.74, 6) is 1.64. The second-order valence-corrected chi connectivity index (χ2v) is 10.5. The number of carbonyl (C=O) groups excluding carboxylic acids is 1. The number of nitrogens with one attached hydrogen (secondary N) is 1. The second kappa shape index (κ2) is 10.2. The summed E-state index contributed by atoms with van der Waals surface area (Å²) in [4.78, 5) is 29.3. The van der Waals surface area contributed by atoms with Gasteiger partial charge in [0.05, 0.1) is 11.3 Å². The number of hydrogen-bond acceptors (Lipinski definition) is 7. The largest absolute Gasteiger partial charge is 0.339 e. The number of para-hydroxylation sites is 1. The van der Waals surface area contributed by atoms with E-state index in [-0.39, 0.29) is 11.7 Å². The summed E-state index contributed by atoms with van der Waals surface area (Å²) >= 11 is 1.72. The molecule has 1 aliphatic carbocycles. The van der Waals surface area contributed by atoms with E-state index < -0.39 is 0 Å². The van der Waals surface area contributed by atoms with Crippen LogP contribution in [0, 0.1) is 0 Å². The molecule has 1 unspecified atom stereocenters. The number of fused-ring (bicyclic) bond motifs is 1. The number of rotatable bonds is 6. The minimum atomic E-state index is 0.118. The first-order chi connectivity index (χ1) is 17.7. The fraction of sp³-hybridized carbons (Fsp3) is 0.276. The van der Waals surface area contributed by atoms with Crippen molar-refractivity contribution in [3.8, 4) is 0 Å². The minimum absolute atomic E-state index is 0.118. The van der Waals surface area contributed by atoms with Crippen molar-refractivity contribution in [1.82, 2.24) is 14.9 Å². The lowest BCUT2D eigenvalue weighted by Gasteiger charge is -2.35. The van der Waals surface area contributed by atoms with Crippen LogP contribution in [0.25, 0.3) is 0 Å². The predicted octanol–water partition coefficient (Wildman–Crippen LogP) is 5.52. The average molecular weight is 496 g/mol. The molecule has 6 rings (SSSR count). The minimum Gasteiger partial charge on any atom is -0.339 e. The van der Waals surface area contributed by atoms with Gasteiger partial charge in [-0.25, -0.2) is 4.98 Å². The zero-order valence-electron chi connectivity index (χ0n) is 20.1. The van der Waals surface area contributed by atoms with Crippen molar-refractivity contribution in [3.05, 3.63) is 99.9 Å². The second-order valence-electron chi connectivity index (χ2n) is 9.48. The number of benzene rings is 2. The molecule has 0 radical (unpaired) electrons. The molecule has 182 valence electrons. The predicted molar refractivity (Wildman–Crippen MR) is 145 cm³/mol. The quantitative estimate of drug-likeness (QED) is 0.380. The monoisotopic (exact) mass is 495 g/mol. The van der Waals surface area contributed by atoms with Gasteiger partial charge in [-0.05, 0) is 35.6 Å². The molecule has 7 heteroatoms. The molecule has 2 aliphatic rings. The van der Waals surface area contributed by atoms with Gasteiger partial charge in [-0.3, -0.25) is 9.69 Å². The van der Waals surface area contributed by atoms with Crippen molar-refractivity contribution in [2.75, 3.05) is 36.4 Å². The molecular weight excluding hydrogens is 466 g/mol. The number of aromatic nitrogens is 2. The van der Waals surface area contributed by atoms with Gasteiger partial charge in [0, 0.05) is 55.6 Å². The Balaban J connectivity index is 1.27. The van der Waals surface area contributed by atoms with Gasteiger partial charge < -0.3 is 10.2 Å². The highest BCUT2D eigenvalue weighted by Crippen LogP contribution is 2.38. The molecule has 0 bridgehead atoms. The van der Waals surface area contributed by atoms with Gasteiger partial charge in [0.15, 0.2) is 5.78 Å². The van der Waals surface area contributed by atoms with Crippen molar-refractivity contribution in [1.29, 1.82) is 0 Å². The summed E-state index contributed by atoms with van der Waals surface area (Å²) in [5.41, 5.74) is 3.77. The molecule has 1 N–H and O–H groups in total. The molecule has 6 nitrogen and oxygen atoms in total. The molecule has 2 aromatic carbocycles. The number of Topliss-reactive ketones (excluding diaryl/α,β-unsaturated/α-hetero) is 1. The summed E-state index contributed by atoms with van der Waals surface area (Å²) in [7, 11) is 0. The van der Waals surface area contributed by atoms with Crippen LogP contribution in [0.3, 0.4) is 0 Å². The zero-order chi connectivity index (χ0) is 24.3. The van der Waals surface area contributed by atoms with E-state index in [1.807, 2.05) is 30.3 Å². The van der Waals surface area contributed by atoms with Crippen molar-refractivity contribution in [2.45, 2.75) is 25.3 Å². The molecule has 3 heterocycles. The van der Waals surface area contributed by atoms with E-state index in [2.05, 4.69) is 63.0 Å². The van der Waals surface area contributed by atoms with Gasteiger partial charge >= 0.3 is 0 Å². The highest BCUT2D eigenvalue weighted by molar-refractivity contribution is 7.10. The Hall–Kier alpha value is -3.55. The van der Waals surface area contributed by atoms with E-state index in [0.29, 0.717) is 23.8 Å². The summed E-state index contributed by atoms with van der Waals surface area (Å²) in [5, 5.41) is 5.51. The number of thiophene rings is 1. The van der Waals surface area contributed by atoms with Gasteiger partial charge in [-0.1, -0.05) is 54.6 Å². The third kappa shape index (κ3) is 4.90. The lowest BCUT2D eigenvalue weighted by atomic mass is 9.85. The molecule has 1 atom stereocenters. The zero-order valence-corrected chi connectivity index (χ0v) is 21.0. The lowest BCUT2D eigenvalue weighted by Crippen LogP contribution is -2.46. The first-order valence-electron chi connectivity index (χ1n) is 12.5. The number of piperazine rings is 1. The molecule has 2 aromatic heterocycles. The summed E-state index contributed by atoms with van der Waals surface area (Å²) < 4.78 is 0. The summed E-state index contributed by atoms with van der Waals surface area (Å²) in [6.07, 6.45) is 1.26. The van der Waals surface area contributed by atoms with Crippen LogP contribution < -0.4 is 10.2 Å². The van der Waals surface area contributed by atoms with Crippen LogP contribution in [0.5, 0.6) is 0 Å². The van der Waals surface area contributed by atoms with E-state index >= 15 is 0 Å². The van der Waals surface area contributed by atoms with Crippen molar-refractivity contribution >= 4 is 34.6 Å². The van der Waals surface area contributed by atoms with Crippen LogP contribution >= 0.6 is 11.3 Å². The fourth-order valence-corrected chi connectivity index (χ4v) is 5.96. The highest BCUT2D eigenvalue weighted by Gasteiger charge is 2.32. The van der Waals surface area contributed by atoms with Crippen LogP contribution in [-0.4, -0.2) is 46.8 Å². The maximum atomic E-state index is 13.4. The van der Waals surface area contributed by atoms with E-state index in [1.165, 1.54) is 10.4 Å². The van der Waals surface area contributed by atoms with Gasteiger partial charge in [0.2, 0.25) is 5.95 Å². The topological polar surface area (TPSA) is 61.4 Å². The maximum Gasteiger partial charge on any atom is 0.227 e. The van der Waals surface area contributed by atoms with E-state index in [1.54, 1.807) is 11.3 Å². The Kier molecular flexibility index (Phi) is 6.49. The van der Waals surface area contributed by atoms with E-state index in [9.17, 15) is 4.79 Å². The Morgan fingerprint density at radius 2 is 1.61 bits per heavy atom. The van der Waals surface area contributed by atoms with E-state index in [4.69, 9.17) is 9.97 Å². The third-order valence-electron chi connectivity index (χ3n) is 7.01. The average Bonchev–Trinajstić information content (AvgIpc) is 3.45. The fourth-order valence-electron chi connectivity index (χ4n) is 5.13. The lowest BCUT2D eigenvalue weighted by molar-refractivity contribution is 0.0964. The van der Waals surface area contributed by atoms with Gasteiger partial charge in [0.1, 0.15) is 5.82 Å². The molecule has 36 heavy (non-hydrogen) atoms. The van der Waals surface area contributed by atoms with Crippen molar-refractivity contribution in [3.63, 3.8) is 0 Å². The number of carbonyl (C=O) groups is 1. The molecule has 4 aromatic rings. The summed E-state index contributed by atoms with van der Waals surface area (Å²) in [6.45, 7) is 4.58. The molecule has 1 fully saturated rings. The molecule has 1 saturated heterocycles. The maximum absolute atomic E-state index is 13.4. The van der Waals surface area contributed by atoms with Crippen molar-refractivity contribution < 1.29 is 4.79 Å². The molecular formula is C29H29N5OS. The first kappa shape index (κ1) is 22.9. The first-order valence-corrected chi connectivity index (χ1v) is 13.4. The van der Waals surface area contributed by atoms with Crippen LogP contribution in [0.4, 0.5) is 17.5 Å². The molecule has 0 spiro atoms. The van der Waals surface area contributed by atoms with Gasteiger partial charge in [0.25, 0.3) is 0 Å². The third-order valence-corrected chi connectivity index (χ3v) is 8.04. The Morgan fingerprint density at radius 1 is 0.861 bits per heavy atom. The van der Waals surface area contributed by atoms with Crippen LogP contribution in [0.1, 0.15) is 38.8 Å². The highest BCUT2D eigenvalue weighted by atomic mass is 32.1. The number of anilines is 3. The summed E-state index contributed by atoms with van der Waals surface area (Å²) in [6, 6.07) is 24.8. The Morgan fingerprint density at radius 3 is 2.33 bits per heavy atom. The standard InChI is InChI=1S/C29H29N5OS/c35-25-19-22(26-12-7-17-36-26)18-24-27(25)28(30-23-10-5-2-6-11-23)32-29(31-24)34-15-13-33(14-16-34)20-21-8-3-1-4-9-21/h1-12,17,22H,13-16,18-20H2,(H,30,31,32). The SMILES string of the molecule is O=C1CC(c2cccs2)Cc2nc(N3CCN(Cc4ccccc4)CC3)nc(Nc3ccccc3)c21. The molecule has 0 saturated carbocycles. The number of ketones is 1.